The molecule has 3 aromatic rings. The molecule has 2 aliphatic rings. The summed E-state index contributed by atoms with van der Waals surface area (Å²) in [5.74, 6) is -0.644. The molecule has 36 heavy (non-hydrogen) atoms. The number of nitrogens with zero attached hydrogens (tertiary/aromatic N) is 1. The van der Waals surface area contributed by atoms with Crippen molar-refractivity contribution in [3.8, 4) is 0 Å². The predicted molar refractivity (Wildman–Crippen MR) is 139 cm³/mol. The first kappa shape index (κ1) is 23.5. The number of nitrogens with one attached hydrogen (secondary N) is 1. The van der Waals surface area contributed by atoms with Crippen LogP contribution in [-0.4, -0.2) is 24.8 Å². The fourth-order valence-corrected chi connectivity index (χ4v) is 5.17. The van der Waals surface area contributed by atoms with Crippen LogP contribution in [0.4, 0.5) is 11.4 Å². The summed E-state index contributed by atoms with van der Waals surface area (Å²) in [5, 5.41) is 3.51. The number of para-hydroxylation sites is 2. The monoisotopic (exact) mass is 480 g/mol. The number of allylic oxidation sites excluding steroid dienone is 1. The quantitative estimate of drug-likeness (QED) is 0.470. The van der Waals surface area contributed by atoms with Crippen LogP contribution in [0.1, 0.15) is 59.0 Å². The van der Waals surface area contributed by atoms with Crippen LogP contribution in [0.5, 0.6) is 0 Å². The van der Waals surface area contributed by atoms with Gasteiger partial charge in [-0.05, 0) is 53.8 Å². The highest BCUT2D eigenvalue weighted by Gasteiger charge is 2.43. The van der Waals surface area contributed by atoms with Gasteiger partial charge in [0.25, 0.3) is 5.91 Å². The number of carbonyl (C=O) groups excluding carboxylic acids is 3. The fourth-order valence-electron chi connectivity index (χ4n) is 5.17. The van der Waals surface area contributed by atoms with Crippen molar-refractivity contribution >= 4 is 29.0 Å². The van der Waals surface area contributed by atoms with Gasteiger partial charge in [-0.2, -0.15) is 0 Å². The fraction of sp³-hybridized carbons (Fsp3) is 0.233. The van der Waals surface area contributed by atoms with E-state index in [-0.39, 0.29) is 17.1 Å². The molecule has 6 nitrogen and oxygen atoms in total. The number of Topliss-reactive ketones (excluding diaryl/α,β-unsaturated/α-hetero) is 1. The molecule has 1 N–H and O–H groups in total. The van der Waals surface area contributed by atoms with Gasteiger partial charge in [-0.3, -0.25) is 14.5 Å². The van der Waals surface area contributed by atoms with Gasteiger partial charge in [0.15, 0.2) is 5.78 Å². The van der Waals surface area contributed by atoms with Crippen molar-refractivity contribution in [3.05, 3.63) is 107 Å². The number of carbonyl (C=O) groups is 3. The molecule has 1 amide bonds. The third-order valence-electron chi connectivity index (χ3n) is 6.79. The predicted octanol–water partition coefficient (Wildman–Crippen LogP) is 5.93. The molecule has 182 valence electrons. The number of amides is 1. The maximum Gasteiger partial charge on any atom is 0.337 e. The highest BCUT2D eigenvalue weighted by molar-refractivity contribution is 6.12. The number of rotatable bonds is 3. The Labute approximate surface area is 210 Å². The second kappa shape index (κ2) is 9.11. The summed E-state index contributed by atoms with van der Waals surface area (Å²) in [5.41, 5.74) is 4.33. The van der Waals surface area contributed by atoms with E-state index >= 15 is 0 Å². The molecule has 3 aromatic carbocycles. The third kappa shape index (κ3) is 4.19. The minimum absolute atomic E-state index is 0.00876. The molecule has 0 radical (unpaired) electrons. The molecule has 1 aliphatic carbocycles. The average Bonchev–Trinajstić information content (AvgIpc) is 3.02. The molecule has 1 heterocycles. The normalized spacial score (nSPS) is 18.5. The van der Waals surface area contributed by atoms with E-state index in [2.05, 4.69) is 19.2 Å². The van der Waals surface area contributed by atoms with Crippen molar-refractivity contribution in [2.45, 2.75) is 32.7 Å². The van der Waals surface area contributed by atoms with Crippen LogP contribution in [0.2, 0.25) is 0 Å². The second-order valence-corrected chi connectivity index (χ2v) is 10.0. The van der Waals surface area contributed by atoms with Gasteiger partial charge in [-0.25, -0.2) is 4.79 Å². The first-order valence-electron chi connectivity index (χ1n) is 12.0. The minimum atomic E-state index is -0.667. The summed E-state index contributed by atoms with van der Waals surface area (Å²) in [6.07, 6.45) is 1.06. The third-order valence-corrected chi connectivity index (χ3v) is 6.79. The zero-order chi connectivity index (χ0) is 25.4. The van der Waals surface area contributed by atoms with E-state index in [1.54, 1.807) is 41.3 Å². The molecule has 0 aromatic heterocycles. The van der Waals surface area contributed by atoms with Crippen LogP contribution >= 0.6 is 0 Å². The summed E-state index contributed by atoms with van der Waals surface area (Å²) in [4.78, 5) is 41.6. The zero-order valence-electron chi connectivity index (χ0n) is 20.6. The van der Waals surface area contributed by atoms with Crippen LogP contribution in [-0.2, 0) is 9.53 Å². The number of methoxy groups -OCH3 is 1. The number of anilines is 2. The van der Waals surface area contributed by atoms with Crippen molar-refractivity contribution in [1.29, 1.82) is 0 Å². The lowest BCUT2D eigenvalue weighted by atomic mass is 9.73. The first-order chi connectivity index (χ1) is 17.3. The van der Waals surface area contributed by atoms with Gasteiger partial charge >= 0.3 is 5.97 Å². The lowest BCUT2D eigenvalue weighted by Crippen LogP contribution is -2.39. The van der Waals surface area contributed by atoms with Crippen molar-refractivity contribution in [2.75, 3.05) is 17.3 Å². The molecule has 5 rings (SSSR count). The topological polar surface area (TPSA) is 75.7 Å². The Balaban J connectivity index is 1.76. The Morgan fingerprint density at radius 1 is 0.889 bits per heavy atom. The molecule has 0 fully saturated rings. The largest absolute Gasteiger partial charge is 0.465 e. The number of fused-ring (bicyclic) bond motifs is 1. The van der Waals surface area contributed by atoms with Crippen LogP contribution in [0.15, 0.2) is 90.1 Å². The van der Waals surface area contributed by atoms with Gasteiger partial charge in [0.1, 0.15) is 0 Å². The molecular formula is C30H28N2O4. The SMILES string of the molecule is COC(=O)c1ccc([C@H]2C3=C(CC(C)(C)CC3=O)Nc3ccccc3N2C(=O)c2ccccc2)cc1. The highest BCUT2D eigenvalue weighted by Crippen LogP contribution is 2.48. The lowest BCUT2D eigenvalue weighted by molar-refractivity contribution is -0.118. The van der Waals surface area contributed by atoms with Gasteiger partial charge in [0.2, 0.25) is 0 Å². The maximum atomic E-state index is 14.1. The number of benzene rings is 3. The Hall–Kier alpha value is -4.19. The molecule has 0 saturated heterocycles. The van der Waals surface area contributed by atoms with Crippen LogP contribution in [0, 0.1) is 5.41 Å². The van der Waals surface area contributed by atoms with E-state index in [9.17, 15) is 14.4 Å². The summed E-state index contributed by atoms with van der Waals surface area (Å²) in [6, 6.07) is 23.0. The highest BCUT2D eigenvalue weighted by atomic mass is 16.5. The summed E-state index contributed by atoms with van der Waals surface area (Å²) in [6.45, 7) is 4.17. The summed E-state index contributed by atoms with van der Waals surface area (Å²) >= 11 is 0. The smallest absolute Gasteiger partial charge is 0.337 e. The Bertz CT molecular complexity index is 1370. The molecule has 1 atom stereocenters. The summed E-state index contributed by atoms with van der Waals surface area (Å²) < 4.78 is 4.85. The van der Waals surface area contributed by atoms with E-state index in [4.69, 9.17) is 4.74 Å². The Morgan fingerprint density at radius 2 is 1.56 bits per heavy atom. The Kier molecular flexibility index (Phi) is 5.96. The van der Waals surface area contributed by atoms with Gasteiger partial charge in [0.05, 0.1) is 30.1 Å². The second-order valence-electron chi connectivity index (χ2n) is 10.0. The van der Waals surface area contributed by atoms with Crippen molar-refractivity contribution < 1.29 is 19.1 Å². The number of ketones is 1. The number of ether oxygens (including phenoxy) is 1. The van der Waals surface area contributed by atoms with E-state index in [1.165, 1.54) is 7.11 Å². The van der Waals surface area contributed by atoms with Crippen molar-refractivity contribution in [3.63, 3.8) is 0 Å². The van der Waals surface area contributed by atoms with Gasteiger partial charge in [-0.15, -0.1) is 0 Å². The molecular weight excluding hydrogens is 452 g/mol. The van der Waals surface area contributed by atoms with E-state index in [1.807, 2.05) is 42.5 Å². The van der Waals surface area contributed by atoms with Gasteiger partial charge in [-0.1, -0.05) is 56.3 Å². The van der Waals surface area contributed by atoms with Crippen molar-refractivity contribution in [2.24, 2.45) is 5.41 Å². The van der Waals surface area contributed by atoms with Crippen LogP contribution in [0.3, 0.4) is 0 Å². The zero-order valence-corrected chi connectivity index (χ0v) is 20.6. The maximum absolute atomic E-state index is 14.1. The molecule has 6 heteroatoms. The molecule has 1 aliphatic heterocycles. The first-order valence-corrected chi connectivity index (χ1v) is 12.0. The number of esters is 1. The molecule has 0 bridgehead atoms. The number of hydrogen-bond acceptors (Lipinski definition) is 5. The van der Waals surface area contributed by atoms with Gasteiger partial charge < -0.3 is 10.1 Å². The van der Waals surface area contributed by atoms with E-state index in [0.29, 0.717) is 35.2 Å². The molecule has 0 saturated carbocycles. The van der Waals surface area contributed by atoms with Gasteiger partial charge in [0, 0.05) is 23.3 Å². The minimum Gasteiger partial charge on any atom is -0.465 e. The van der Waals surface area contributed by atoms with E-state index in [0.717, 1.165) is 16.9 Å². The molecule has 0 unspecified atom stereocenters. The molecule has 0 spiro atoms. The average molecular weight is 481 g/mol. The Morgan fingerprint density at radius 3 is 2.25 bits per heavy atom. The lowest BCUT2D eigenvalue weighted by Gasteiger charge is -2.37. The van der Waals surface area contributed by atoms with E-state index < -0.39 is 12.0 Å². The standard InChI is InChI=1S/C30H28N2O4/c1-30(2)17-23-26(25(33)18-30)27(19-13-15-21(16-14-19)29(35)36-3)32(24-12-8-7-11-22(24)31-23)28(34)20-9-5-4-6-10-20/h4-16,27,31H,17-18H2,1-3H3/t27-/m0/s1. The van der Waals surface area contributed by atoms with Crippen LogP contribution in [0.25, 0.3) is 0 Å². The summed E-state index contributed by atoms with van der Waals surface area (Å²) in [7, 11) is 1.34. The van der Waals surface area contributed by atoms with Crippen LogP contribution < -0.4 is 10.2 Å². The van der Waals surface area contributed by atoms with Crippen molar-refractivity contribution in [1.82, 2.24) is 0 Å². The number of hydrogen-bond donors (Lipinski definition) is 1.